The predicted molar refractivity (Wildman–Crippen MR) is 85.2 cm³/mol. The average Bonchev–Trinajstić information content (AvgIpc) is 2.47. The van der Waals surface area contributed by atoms with Crippen molar-refractivity contribution in [3.63, 3.8) is 0 Å². The Bertz CT molecular complexity index is 720. The molecule has 2 nitrogen and oxygen atoms in total. The number of hydrogen-bond acceptors (Lipinski definition) is 1. The zero-order valence-electron chi connectivity index (χ0n) is 10.9. The van der Waals surface area contributed by atoms with E-state index in [4.69, 9.17) is 0 Å². The monoisotopic (exact) mass is 328 g/mol. The van der Waals surface area contributed by atoms with Crippen LogP contribution in [-0.2, 0) is 6.54 Å². The number of Topliss-reactive ketones (excluding diaryl/α,β-unsaturated/α-hetero) is 1. The van der Waals surface area contributed by atoms with Crippen molar-refractivity contribution >= 4 is 33.5 Å². The molecule has 1 aromatic heterocycles. The van der Waals surface area contributed by atoms with Crippen LogP contribution in [0, 0.1) is 0 Å². The summed E-state index contributed by atoms with van der Waals surface area (Å²) in [6, 6.07) is 19.6. The van der Waals surface area contributed by atoms with E-state index in [0.717, 1.165) is 16.3 Å². The topological polar surface area (TPSA) is 20.9 Å². The van der Waals surface area contributed by atoms with Crippen molar-refractivity contribution in [3.05, 3.63) is 78.6 Å². The standard InChI is InChI=1S/C17H14NO.BrH/c19-17(13-18-11-4-1-5-12-18)16-10-6-8-14-7-2-3-9-15(14)16;/h1-12H,13H2;1H/q+1;. The molecule has 0 fully saturated rings. The molecule has 3 rings (SSSR count). The van der Waals surface area contributed by atoms with E-state index in [-0.39, 0.29) is 22.8 Å². The lowest BCUT2D eigenvalue weighted by Crippen LogP contribution is -2.36. The van der Waals surface area contributed by atoms with Crippen LogP contribution < -0.4 is 4.57 Å². The van der Waals surface area contributed by atoms with Crippen LogP contribution in [0.4, 0.5) is 0 Å². The smallest absolute Gasteiger partial charge is 0.228 e. The Kier molecular flexibility index (Phi) is 4.64. The van der Waals surface area contributed by atoms with Crippen LogP contribution in [-0.4, -0.2) is 5.78 Å². The molecule has 0 N–H and O–H groups in total. The first kappa shape index (κ1) is 14.4. The van der Waals surface area contributed by atoms with Gasteiger partial charge in [-0.3, -0.25) is 4.79 Å². The zero-order chi connectivity index (χ0) is 13.1. The van der Waals surface area contributed by atoms with Crippen LogP contribution in [0.15, 0.2) is 73.1 Å². The largest absolute Gasteiger partial charge is 0.287 e. The minimum Gasteiger partial charge on any atom is -0.287 e. The quantitative estimate of drug-likeness (QED) is 0.531. The Labute approximate surface area is 128 Å². The summed E-state index contributed by atoms with van der Waals surface area (Å²) in [5, 5.41) is 2.12. The van der Waals surface area contributed by atoms with Gasteiger partial charge in [0.15, 0.2) is 12.4 Å². The van der Waals surface area contributed by atoms with Gasteiger partial charge in [-0.15, -0.1) is 17.0 Å². The van der Waals surface area contributed by atoms with Crippen molar-refractivity contribution in [3.8, 4) is 0 Å². The van der Waals surface area contributed by atoms with Gasteiger partial charge in [-0.05, 0) is 10.8 Å². The van der Waals surface area contributed by atoms with Gasteiger partial charge in [-0.1, -0.05) is 48.5 Å². The van der Waals surface area contributed by atoms with Crippen molar-refractivity contribution in [2.45, 2.75) is 6.54 Å². The average molecular weight is 329 g/mol. The minimum absolute atomic E-state index is 0. The lowest BCUT2D eigenvalue weighted by atomic mass is 10.0. The number of hydrogen-bond donors (Lipinski definition) is 0. The molecule has 0 aliphatic rings. The molecule has 0 radical (unpaired) electrons. The predicted octanol–water partition coefficient (Wildman–Crippen LogP) is 3.59. The molecule has 0 aliphatic carbocycles. The zero-order valence-corrected chi connectivity index (χ0v) is 12.6. The summed E-state index contributed by atoms with van der Waals surface area (Å²) in [6.07, 6.45) is 3.81. The maximum Gasteiger partial charge on any atom is 0.228 e. The maximum absolute atomic E-state index is 12.4. The Morgan fingerprint density at radius 2 is 1.55 bits per heavy atom. The molecule has 3 aromatic rings. The first-order valence-corrected chi connectivity index (χ1v) is 6.30. The van der Waals surface area contributed by atoms with Gasteiger partial charge in [0.1, 0.15) is 0 Å². The Morgan fingerprint density at radius 3 is 2.35 bits per heavy atom. The number of nitrogens with zero attached hydrogens (tertiary/aromatic N) is 1. The van der Waals surface area contributed by atoms with Gasteiger partial charge in [0.25, 0.3) is 0 Å². The first-order valence-electron chi connectivity index (χ1n) is 6.30. The molecule has 100 valence electrons. The number of fused-ring (bicyclic) bond motifs is 1. The van der Waals surface area contributed by atoms with Gasteiger partial charge in [0.05, 0.1) is 0 Å². The van der Waals surface area contributed by atoms with Crippen LogP contribution in [0.25, 0.3) is 10.8 Å². The fourth-order valence-electron chi connectivity index (χ4n) is 2.26. The second-order valence-corrected chi connectivity index (χ2v) is 4.50. The highest BCUT2D eigenvalue weighted by Gasteiger charge is 2.13. The van der Waals surface area contributed by atoms with Crippen molar-refractivity contribution in [2.75, 3.05) is 0 Å². The van der Waals surface area contributed by atoms with Crippen LogP contribution in [0.1, 0.15) is 10.4 Å². The van der Waals surface area contributed by atoms with E-state index in [1.54, 1.807) is 0 Å². The molecule has 0 unspecified atom stereocenters. The highest BCUT2D eigenvalue weighted by atomic mass is 79.9. The Morgan fingerprint density at radius 1 is 0.850 bits per heavy atom. The van der Waals surface area contributed by atoms with Gasteiger partial charge in [-0.2, -0.15) is 4.57 Å². The van der Waals surface area contributed by atoms with E-state index >= 15 is 0 Å². The molecule has 3 heteroatoms. The number of aromatic nitrogens is 1. The second kappa shape index (κ2) is 6.44. The number of carbonyl (C=O) groups is 1. The third-order valence-corrected chi connectivity index (χ3v) is 3.19. The number of pyridine rings is 1. The third kappa shape index (κ3) is 2.94. The van der Waals surface area contributed by atoms with Crippen molar-refractivity contribution < 1.29 is 9.36 Å². The second-order valence-electron chi connectivity index (χ2n) is 4.50. The normalized spacial score (nSPS) is 10.0. The molecule has 0 aliphatic heterocycles. The lowest BCUT2D eigenvalue weighted by molar-refractivity contribution is -0.683. The van der Waals surface area contributed by atoms with Gasteiger partial charge < -0.3 is 0 Å². The summed E-state index contributed by atoms with van der Waals surface area (Å²) in [7, 11) is 0. The van der Waals surface area contributed by atoms with Crippen LogP contribution in [0.3, 0.4) is 0 Å². The van der Waals surface area contributed by atoms with E-state index in [0.29, 0.717) is 6.54 Å². The van der Waals surface area contributed by atoms with E-state index in [1.165, 1.54) is 0 Å². The van der Waals surface area contributed by atoms with Gasteiger partial charge in [0, 0.05) is 17.7 Å². The number of rotatable bonds is 3. The van der Waals surface area contributed by atoms with Crippen LogP contribution in [0.5, 0.6) is 0 Å². The number of ketones is 1. The molecule has 0 atom stereocenters. The van der Waals surface area contributed by atoms with Crippen molar-refractivity contribution in [1.82, 2.24) is 0 Å². The Hall–Kier alpha value is -2.00. The van der Waals surface area contributed by atoms with Crippen molar-refractivity contribution in [2.24, 2.45) is 0 Å². The summed E-state index contributed by atoms with van der Waals surface area (Å²) in [4.78, 5) is 12.4. The van der Waals surface area contributed by atoms with E-state index in [9.17, 15) is 4.79 Å². The molecule has 0 amide bonds. The summed E-state index contributed by atoms with van der Waals surface area (Å²) in [5.74, 6) is 0.132. The van der Waals surface area contributed by atoms with Gasteiger partial charge in [-0.25, -0.2) is 0 Å². The molecule has 0 saturated carbocycles. The highest BCUT2D eigenvalue weighted by molar-refractivity contribution is 8.93. The van der Waals surface area contributed by atoms with Gasteiger partial charge >= 0.3 is 0 Å². The highest BCUT2D eigenvalue weighted by Crippen LogP contribution is 2.18. The Balaban J connectivity index is 0.00000147. The van der Waals surface area contributed by atoms with Gasteiger partial charge in [0.2, 0.25) is 12.3 Å². The SMILES string of the molecule is Br.O=C(C[n+]1ccccc1)c1cccc2ccccc12. The first-order chi connectivity index (χ1) is 9.34. The summed E-state index contributed by atoms with van der Waals surface area (Å²) in [5.41, 5.74) is 0.787. The fraction of sp³-hybridized carbons (Fsp3) is 0.0588. The lowest BCUT2D eigenvalue weighted by Gasteiger charge is -2.03. The molecule has 0 saturated heterocycles. The van der Waals surface area contributed by atoms with Crippen LogP contribution in [0.2, 0.25) is 0 Å². The maximum atomic E-state index is 12.4. The fourth-order valence-corrected chi connectivity index (χ4v) is 2.26. The van der Waals surface area contributed by atoms with Crippen LogP contribution >= 0.6 is 17.0 Å². The van der Waals surface area contributed by atoms with E-state index in [2.05, 4.69) is 0 Å². The molecule has 2 aromatic carbocycles. The van der Waals surface area contributed by atoms with E-state index in [1.807, 2.05) is 77.6 Å². The molecule has 0 spiro atoms. The number of halogens is 1. The molecule has 1 heterocycles. The molecular weight excluding hydrogens is 314 g/mol. The third-order valence-electron chi connectivity index (χ3n) is 3.19. The van der Waals surface area contributed by atoms with E-state index < -0.39 is 0 Å². The minimum atomic E-state index is 0. The summed E-state index contributed by atoms with van der Waals surface area (Å²) < 4.78 is 1.89. The number of benzene rings is 2. The molecule has 0 bridgehead atoms. The number of carbonyl (C=O) groups excluding carboxylic acids is 1. The summed E-state index contributed by atoms with van der Waals surface area (Å²) in [6.45, 7) is 0.370. The summed E-state index contributed by atoms with van der Waals surface area (Å²) >= 11 is 0. The van der Waals surface area contributed by atoms with Crippen molar-refractivity contribution in [1.29, 1.82) is 0 Å². The molecular formula is C17H15BrNO+. The molecule has 20 heavy (non-hydrogen) atoms.